The topological polar surface area (TPSA) is 50.4 Å². The molecule has 5 heteroatoms. The summed E-state index contributed by atoms with van der Waals surface area (Å²) in [5.74, 6) is 0.886. The second kappa shape index (κ2) is 8.64. The van der Waals surface area contributed by atoms with Crippen LogP contribution in [0.4, 0.5) is 4.39 Å². The number of aliphatic imine (C=N–C) groups is 1. The zero-order valence-corrected chi connectivity index (χ0v) is 13.1. The van der Waals surface area contributed by atoms with Gasteiger partial charge in [0, 0.05) is 6.04 Å². The van der Waals surface area contributed by atoms with Crippen molar-refractivity contribution in [2.24, 2.45) is 16.6 Å². The van der Waals surface area contributed by atoms with Gasteiger partial charge in [0.15, 0.2) is 5.96 Å². The molecule has 0 aromatic heterocycles. The number of nitrogens with one attached hydrogen (secondary N) is 1. The summed E-state index contributed by atoms with van der Waals surface area (Å²) in [6.07, 6.45) is 8.79. The third kappa shape index (κ3) is 5.03. The predicted octanol–water partition coefficient (Wildman–Crippen LogP) is 0.763. The second-order valence-electron chi connectivity index (χ2n) is 3.06. The van der Waals surface area contributed by atoms with E-state index < -0.39 is 6.67 Å². The van der Waals surface area contributed by atoms with Crippen molar-refractivity contribution in [3.63, 3.8) is 0 Å². The van der Waals surface area contributed by atoms with Crippen LogP contribution in [0.1, 0.15) is 0 Å². The Bertz CT molecular complexity index is 319. The first-order valence-electron chi connectivity index (χ1n) is 4.70. The molecule has 2 atom stereocenters. The van der Waals surface area contributed by atoms with Crippen molar-refractivity contribution in [2.75, 3.05) is 13.2 Å². The summed E-state index contributed by atoms with van der Waals surface area (Å²) in [6, 6.07) is 0.302. The summed E-state index contributed by atoms with van der Waals surface area (Å²) in [7, 11) is 0. The van der Waals surface area contributed by atoms with Crippen molar-refractivity contribution >= 4 is 5.96 Å². The maximum Gasteiger partial charge on any atom is 2.00 e. The number of alkyl halides is 1. The number of nitrogens with zero attached hydrogens (tertiary/aromatic N) is 1. The normalized spacial score (nSPS) is 25.0. The summed E-state index contributed by atoms with van der Waals surface area (Å²) in [5, 5.41) is 3.10. The van der Waals surface area contributed by atoms with Crippen LogP contribution in [-0.2, 0) is 0 Å². The quantitative estimate of drug-likeness (QED) is 0.463. The van der Waals surface area contributed by atoms with Gasteiger partial charge in [-0.1, -0.05) is 5.92 Å². The number of hydrogen-bond acceptors (Lipinski definition) is 3. The van der Waals surface area contributed by atoms with E-state index in [2.05, 4.69) is 35.1 Å². The molecule has 0 fully saturated rings. The molecule has 2 rings (SSSR count). The predicted molar refractivity (Wildman–Crippen MR) is 58.7 cm³/mol. The molecule has 1 heterocycles. The number of allylic oxidation sites excluding steroid dienone is 1. The van der Waals surface area contributed by atoms with Gasteiger partial charge >= 0.3 is 31.1 Å². The Kier molecular flexibility index (Phi) is 8.38. The molecule has 84 valence electrons. The van der Waals surface area contributed by atoms with E-state index in [0.29, 0.717) is 17.9 Å². The first-order chi connectivity index (χ1) is 7.27. The van der Waals surface area contributed by atoms with Gasteiger partial charge in [-0.25, -0.2) is 0 Å². The van der Waals surface area contributed by atoms with Gasteiger partial charge in [0.1, 0.15) is 0 Å². The van der Waals surface area contributed by atoms with Crippen LogP contribution in [0.25, 0.3) is 0 Å². The zero-order chi connectivity index (χ0) is 11.1. The molecule has 0 saturated carbocycles. The fourth-order valence-electron chi connectivity index (χ4n) is 1.35. The molecule has 0 spiro atoms. The molecular weight excluding hydrogens is 431 g/mol. The van der Waals surface area contributed by atoms with Gasteiger partial charge in [-0.15, -0.1) is 12.2 Å². The van der Waals surface area contributed by atoms with Crippen LogP contribution >= 0.6 is 0 Å². The van der Waals surface area contributed by atoms with Crippen molar-refractivity contribution in [3.05, 3.63) is 37.0 Å². The molecule has 0 amide bonds. The van der Waals surface area contributed by atoms with E-state index >= 15 is 0 Å². The van der Waals surface area contributed by atoms with Gasteiger partial charge in [-0.3, -0.25) is 15.1 Å². The van der Waals surface area contributed by atoms with E-state index in [0.717, 1.165) is 6.54 Å². The fraction of sp³-hybridized carbons (Fsp3) is 0.364. The number of halogens is 1. The molecule has 3 nitrogen and oxygen atoms in total. The molecule has 0 radical (unpaired) electrons. The summed E-state index contributed by atoms with van der Waals surface area (Å²) in [6.45, 7) is 3.07. The third-order valence-corrected chi connectivity index (χ3v) is 2.02. The Morgan fingerprint density at radius 3 is 2.88 bits per heavy atom. The molecule has 2 unspecified atom stereocenters. The average Bonchev–Trinajstić information content (AvgIpc) is 2.67. The van der Waals surface area contributed by atoms with Crippen molar-refractivity contribution in [3.8, 4) is 0 Å². The fourth-order valence-corrected chi connectivity index (χ4v) is 1.35. The van der Waals surface area contributed by atoms with E-state index in [4.69, 9.17) is 5.73 Å². The molecule has 16 heavy (non-hydrogen) atoms. The minimum atomic E-state index is -0.500. The van der Waals surface area contributed by atoms with Crippen molar-refractivity contribution in [2.45, 2.75) is 6.04 Å². The Morgan fingerprint density at radius 2 is 2.44 bits per heavy atom. The van der Waals surface area contributed by atoms with E-state index in [1.165, 1.54) is 0 Å². The van der Waals surface area contributed by atoms with Gasteiger partial charge in [-0.05, 0) is 6.67 Å². The Labute approximate surface area is 119 Å². The summed E-state index contributed by atoms with van der Waals surface area (Å²) in [5.41, 5.74) is 8.43. The molecule has 0 aromatic carbocycles. The van der Waals surface area contributed by atoms with Crippen molar-refractivity contribution < 1.29 is 35.5 Å². The third-order valence-electron chi connectivity index (χ3n) is 2.02. The number of nitrogens with two attached hydrogens (primary N) is 1. The molecule has 0 saturated heterocycles. The summed E-state index contributed by atoms with van der Waals surface area (Å²) >= 11 is 0. The SMILES string of the molecule is NC1=NCC(C2C=C=[C-]C=C2)N1.[CH2-]CF.[U+2]. The van der Waals surface area contributed by atoms with Crippen LogP contribution in [0.2, 0.25) is 0 Å². The Hall–Kier alpha value is -0.488. The van der Waals surface area contributed by atoms with Gasteiger partial charge in [-0.2, -0.15) is 12.2 Å². The van der Waals surface area contributed by atoms with E-state index in [1.54, 1.807) is 0 Å². The first kappa shape index (κ1) is 15.5. The molecule has 3 N–H and O–H groups in total. The van der Waals surface area contributed by atoms with Crippen LogP contribution < -0.4 is 11.1 Å². The zero-order valence-electron chi connectivity index (χ0n) is 8.91. The molecule has 1 aliphatic carbocycles. The summed E-state index contributed by atoms with van der Waals surface area (Å²) < 4.78 is 10.2. The first-order valence-corrected chi connectivity index (χ1v) is 4.70. The van der Waals surface area contributed by atoms with Gasteiger partial charge in [0.2, 0.25) is 0 Å². The number of guanidine groups is 1. The van der Waals surface area contributed by atoms with Crippen LogP contribution in [-0.4, -0.2) is 25.2 Å². The average molecular weight is 445 g/mol. The minimum Gasteiger partial charge on any atom is -0.370 e. The second-order valence-corrected chi connectivity index (χ2v) is 3.06. The molecule has 1 aliphatic heterocycles. The van der Waals surface area contributed by atoms with Gasteiger partial charge in [0.25, 0.3) is 0 Å². The largest absolute Gasteiger partial charge is 2.00 e. The molecule has 0 aromatic rings. The van der Waals surface area contributed by atoms with Gasteiger partial charge in [0.05, 0.1) is 6.54 Å². The number of rotatable bonds is 1. The van der Waals surface area contributed by atoms with Crippen LogP contribution in [0.5, 0.6) is 0 Å². The van der Waals surface area contributed by atoms with E-state index in [9.17, 15) is 4.39 Å². The Morgan fingerprint density at radius 1 is 1.75 bits per heavy atom. The van der Waals surface area contributed by atoms with Crippen LogP contribution in [0, 0.1) is 50.0 Å². The van der Waals surface area contributed by atoms with Crippen molar-refractivity contribution in [1.29, 1.82) is 0 Å². The van der Waals surface area contributed by atoms with Crippen molar-refractivity contribution in [1.82, 2.24) is 5.32 Å². The summed E-state index contributed by atoms with van der Waals surface area (Å²) in [4.78, 5) is 4.07. The smallest absolute Gasteiger partial charge is 0.370 e. The van der Waals surface area contributed by atoms with Gasteiger partial charge < -0.3 is 18.0 Å². The number of hydrogen-bond donors (Lipinski definition) is 2. The van der Waals surface area contributed by atoms with Crippen LogP contribution in [0.15, 0.2) is 29.0 Å². The maximum absolute atomic E-state index is 10.2. The van der Waals surface area contributed by atoms with Crippen LogP contribution in [0.3, 0.4) is 0 Å². The standard InChI is InChI=1S/C9H10N3.C2H4F.U/c10-9-11-6-8(12-9)7-4-2-1-3-5-7;1-2-3;/h2,4-5,7-8H,6H2,(H3,10,11,12);1-2H2;/q2*-1;+2. The molecular formula is C11H14FN3U. The monoisotopic (exact) mass is 445 g/mol. The van der Waals surface area contributed by atoms with E-state index in [1.807, 2.05) is 12.2 Å². The van der Waals surface area contributed by atoms with E-state index in [-0.39, 0.29) is 31.1 Å². The maximum atomic E-state index is 10.2. The molecule has 2 aliphatic rings. The minimum absolute atomic E-state index is 0. The Balaban J connectivity index is 0.000000511. The molecule has 0 bridgehead atoms.